The van der Waals surface area contributed by atoms with Crippen LogP contribution in [0.3, 0.4) is 0 Å². The number of hydrogen-bond acceptors (Lipinski definition) is 2. The molecule has 0 aliphatic carbocycles. The highest BCUT2D eigenvalue weighted by Gasteiger charge is 2.12. The van der Waals surface area contributed by atoms with Crippen molar-refractivity contribution in [2.45, 2.75) is 39.4 Å². The molecule has 122 valence electrons. The van der Waals surface area contributed by atoms with Gasteiger partial charge in [-0.3, -0.25) is 9.69 Å². The van der Waals surface area contributed by atoms with Gasteiger partial charge < -0.3 is 5.32 Å². The van der Waals surface area contributed by atoms with Crippen LogP contribution in [0.2, 0.25) is 0 Å². The quantitative estimate of drug-likeness (QED) is 0.808. The van der Waals surface area contributed by atoms with Gasteiger partial charge in [-0.1, -0.05) is 60.7 Å². The lowest BCUT2D eigenvalue weighted by Gasteiger charge is -2.26. The lowest BCUT2D eigenvalue weighted by Crippen LogP contribution is -2.34. The smallest absolute Gasteiger partial charge is 0.221 e. The minimum Gasteiger partial charge on any atom is -0.352 e. The molecular weight excluding hydrogens is 284 g/mol. The van der Waals surface area contributed by atoms with Gasteiger partial charge in [-0.2, -0.15) is 0 Å². The Labute approximate surface area is 139 Å². The molecule has 1 N–H and O–H groups in total. The molecule has 0 spiro atoms. The third kappa shape index (κ3) is 6.25. The van der Waals surface area contributed by atoms with E-state index in [1.165, 1.54) is 5.56 Å². The van der Waals surface area contributed by atoms with Gasteiger partial charge in [0.25, 0.3) is 0 Å². The van der Waals surface area contributed by atoms with E-state index in [9.17, 15) is 4.79 Å². The second kappa shape index (κ2) is 9.11. The first kappa shape index (κ1) is 17.2. The van der Waals surface area contributed by atoms with E-state index in [4.69, 9.17) is 0 Å². The molecule has 0 bridgehead atoms. The molecule has 0 aromatic heterocycles. The van der Waals surface area contributed by atoms with Crippen LogP contribution in [0.25, 0.3) is 0 Å². The van der Waals surface area contributed by atoms with Gasteiger partial charge in [0.05, 0.1) is 0 Å². The van der Waals surface area contributed by atoms with Crippen LogP contribution in [0.4, 0.5) is 0 Å². The second-order valence-corrected chi connectivity index (χ2v) is 6.06. The molecule has 0 radical (unpaired) electrons. The topological polar surface area (TPSA) is 32.3 Å². The summed E-state index contributed by atoms with van der Waals surface area (Å²) in [5.41, 5.74) is 2.41. The first-order valence-electron chi connectivity index (χ1n) is 8.24. The van der Waals surface area contributed by atoms with Crippen molar-refractivity contribution in [2.75, 3.05) is 6.54 Å². The van der Waals surface area contributed by atoms with E-state index in [2.05, 4.69) is 48.3 Å². The Morgan fingerprint density at radius 2 is 1.52 bits per heavy atom. The molecule has 0 aliphatic heterocycles. The lowest BCUT2D eigenvalue weighted by atomic mass is 10.2. The minimum absolute atomic E-state index is 0.104. The van der Waals surface area contributed by atoms with Crippen molar-refractivity contribution in [3.63, 3.8) is 0 Å². The van der Waals surface area contributed by atoms with Crippen molar-refractivity contribution in [3.05, 3.63) is 71.8 Å². The number of carbonyl (C=O) groups is 1. The van der Waals surface area contributed by atoms with E-state index in [-0.39, 0.29) is 5.91 Å². The summed E-state index contributed by atoms with van der Waals surface area (Å²) in [6.07, 6.45) is 0.526. The molecule has 2 aromatic rings. The second-order valence-electron chi connectivity index (χ2n) is 6.06. The molecule has 23 heavy (non-hydrogen) atoms. The van der Waals surface area contributed by atoms with Gasteiger partial charge in [-0.25, -0.2) is 0 Å². The van der Waals surface area contributed by atoms with E-state index < -0.39 is 0 Å². The van der Waals surface area contributed by atoms with Gasteiger partial charge in [-0.05, 0) is 25.0 Å². The number of nitrogens with zero attached hydrogens (tertiary/aromatic N) is 1. The van der Waals surface area contributed by atoms with Crippen LogP contribution >= 0.6 is 0 Å². The van der Waals surface area contributed by atoms with Gasteiger partial charge >= 0.3 is 0 Å². The molecule has 0 unspecified atom stereocenters. The van der Waals surface area contributed by atoms with Crippen molar-refractivity contribution >= 4 is 5.91 Å². The third-order valence-corrected chi connectivity index (χ3v) is 3.92. The van der Waals surface area contributed by atoms with Crippen molar-refractivity contribution in [3.8, 4) is 0 Å². The number of hydrogen-bond donors (Lipinski definition) is 1. The third-order valence-electron chi connectivity index (χ3n) is 3.92. The van der Waals surface area contributed by atoms with Crippen molar-refractivity contribution in [1.29, 1.82) is 0 Å². The number of carbonyl (C=O) groups excluding carboxylic acids is 1. The van der Waals surface area contributed by atoms with E-state index in [1.54, 1.807) is 0 Å². The maximum absolute atomic E-state index is 12.1. The maximum Gasteiger partial charge on any atom is 0.221 e. The van der Waals surface area contributed by atoms with Gasteiger partial charge in [0.2, 0.25) is 5.91 Å². The summed E-state index contributed by atoms with van der Waals surface area (Å²) in [6.45, 7) is 6.59. The van der Waals surface area contributed by atoms with Gasteiger partial charge in [-0.15, -0.1) is 0 Å². The molecule has 3 nitrogen and oxygen atoms in total. The maximum atomic E-state index is 12.1. The molecule has 0 saturated heterocycles. The van der Waals surface area contributed by atoms with Crippen molar-refractivity contribution < 1.29 is 4.79 Å². The van der Waals surface area contributed by atoms with Crippen LogP contribution in [0, 0.1) is 0 Å². The summed E-state index contributed by atoms with van der Waals surface area (Å²) in [5.74, 6) is 0.104. The lowest BCUT2D eigenvalue weighted by molar-refractivity contribution is -0.121. The number of nitrogens with one attached hydrogen (secondary N) is 1. The molecule has 0 fully saturated rings. The molecule has 0 atom stereocenters. The highest BCUT2D eigenvalue weighted by atomic mass is 16.1. The summed E-state index contributed by atoms with van der Waals surface area (Å²) in [6, 6.07) is 20.8. The molecule has 0 heterocycles. The standard InChI is InChI=1S/C20H26N2O/c1-17(2)22(16-19-11-7-4-8-12-19)14-13-20(23)21-15-18-9-5-3-6-10-18/h3-12,17H,13-16H2,1-2H3,(H,21,23). The van der Waals surface area contributed by atoms with Crippen LogP contribution in [0.1, 0.15) is 31.4 Å². The predicted molar refractivity (Wildman–Crippen MR) is 94.9 cm³/mol. The molecule has 0 aliphatic rings. The zero-order chi connectivity index (χ0) is 16.5. The van der Waals surface area contributed by atoms with Gasteiger partial charge in [0.15, 0.2) is 0 Å². The highest BCUT2D eigenvalue weighted by Crippen LogP contribution is 2.09. The van der Waals surface area contributed by atoms with E-state index in [0.717, 1.165) is 18.7 Å². The van der Waals surface area contributed by atoms with Crippen LogP contribution in [0.15, 0.2) is 60.7 Å². The molecular formula is C20H26N2O. The predicted octanol–water partition coefficient (Wildman–Crippen LogP) is 3.60. The first-order chi connectivity index (χ1) is 11.1. The van der Waals surface area contributed by atoms with Crippen molar-refractivity contribution in [2.24, 2.45) is 0 Å². The summed E-state index contributed by atoms with van der Waals surface area (Å²) < 4.78 is 0. The minimum atomic E-state index is 0.104. The van der Waals surface area contributed by atoms with E-state index in [1.807, 2.05) is 36.4 Å². The molecule has 0 saturated carbocycles. The zero-order valence-electron chi connectivity index (χ0n) is 14.0. The fraction of sp³-hybridized carbons (Fsp3) is 0.350. The average molecular weight is 310 g/mol. The van der Waals surface area contributed by atoms with Crippen LogP contribution in [0.5, 0.6) is 0 Å². The van der Waals surface area contributed by atoms with Gasteiger partial charge in [0.1, 0.15) is 0 Å². The van der Waals surface area contributed by atoms with E-state index >= 15 is 0 Å². The first-order valence-corrected chi connectivity index (χ1v) is 8.24. The monoisotopic (exact) mass is 310 g/mol. The number of amides is 1. The average Bonchev–Trinajstić information content (AvgIpc) is 2.58. The van der Waals surface area contributed by atoms with Gasteiger partial charge in [0, 0.05) is 32.1 Å². The summed E-state index contributed by atoms with van der Waals surface area (Å²) in [5, 5.41) is 2.99. The summed E-state index contributed by atoms with van der Waals surface area (Å²) in [4.78, 5) is 14.4. The SMILES string of the molecule is CC(C)N(CCC(=O)NCc1ccccc1)Cc1ccccc1. The fourth-order valence-corrected chi connectivity index (χ4v) is 2.47. The molecule has 2 rings (SSSR count). The number of rotatable bonds is 8. The molecule has 3 heteroatoms. The Kier molecular flexibility index (Phi) is 6.82. The van der Waals surface area contributed by atoms with E-state index in [0.29, 0.717) is 19.0 Å². The van der Waals surface area contributed by atoms with Crippen LogP contribution < -0.4 is 5.32 Å². The molecule has 2 aromatic carbocycles. The Bertz CT molecular complexity index is 581. The summed E-state index contributed by atoms with van der Waals surface area (Å²) in [7, 11) is 0. The normalized spacial score (nSPS) is 11.0. The Morgan fingerprint density at radius 1 is 0.957 bits per heavy atom. The summed E-state index contributed by atoms with van der Waals surface area (Å²) >= 11 is 0. The highest BCUT2D eigenvalue weighted by molar-refractivity contribution is 5.76. The Morgan fingerprint density at radius 3 is 2.09 bits per heavy atom. The Balaban J connectivity index is 1.78. The molecule has 1 amide bonds. The Hall–Kier alpha value is -2.13. The van der Waals surface area contributed by atoms with Crippen LogP contribution in [-0.4, -0.2) is 23.4 Å². The fourth-order valence-electron chi connectivity index (χ4n) is 2.47. The zero-order valence-corrected chi connectivity index (χ0v) is 14.0. The van der Waals surface area contributed by atoms with Crippen LogP contribution in [-0.2, 0) is 17.9 Å². The van der Waals surface area contributed by atoms with Crippen molar-refractivity contribution in [1.82, 2.24) is 10.2 Å². The number of benzene rings is 2. The largest absolute Gasteiger partial charge is 0.352 e.